The first kappa shape index (κ1) is 18.7. The van der Waals surface area contributed by atoms with Crippen molar-refractivity contribution in [1.82, 2.24) is 14.5 Å². The van der Waals surface area contributed by atoms with Crippen LogP contribution in [0.5, 0.6) is 0 Å². The van der Waals surface area contributed by atoms with Crippen LogP contribution in [0.3, 0.4) is 0 Å². The summed E-state index contributed by atoms with van der Waals surface area (Å²) in [5.41, 5.74) is 6.06. The summed E-state index contributed by atoms with van der Waals surface area (Å²) in [5.74, 6) is 1.49. The second kappa shape index (κ2) is 7.78. The van der Waals surface area contributed by atoms with Crippen LogP contribution >= 0.6 is 0 Å². The van der Waals surface area contributed by atoms with Crippen LogP contribution in [0.2, 0.25) is 0 Å². The average Bonchev–Trinajstić information content (AvgIpc) is 3.23. The lowest BCUT2D eigenvalue weighted by molar-refractivity contribution is -0.127. The molecule has 1 aromatic heterocycles. The summed E-state index contributed by atoms with van der Waals surface area (Å²) in [4.78, 5) is 19.5. The summed E-state index contributed by atoms with van der Waals surface area (Å²) in [6, 6.07) is 14.9. The molecule has 0 N–H and O–H groups in total. The van der Waals surface area contributed by atoms with E-state index in [9.17, 15) is 4.79 Å². The van der Waals surface area contributed by atoms with E-state index in [1.54, 1.807) is 0 Å². The van der Waals surface area contributed by atoms with Gasteiger partial charge < -0.3 is 9.47 Å². The molecule has 4 nitrogen and oxygen atoms in total. The molecule has 3 aromatic rings. The maximum Gasteiger partial charge on any atom is 0.223 e. The number of likely N-dealkylation sites (tertiary alicyclic amines) is 1. The lowest BCUT2D eigenvalue weighted by atomic mass is 10.0. The number of aromatic nitrogens is 2. The van der Waals surface area contributed by atoms with Crippen molar-refractivity contribution in [1.29, 1.82) is 0 Å². The van der Waals surface area contributed by atoms with Gasteiger partial charge in [-0.25, -0.2) is 4.98 Å². The van der Waals surface area contributed by atoms with E-state index in [0.717, 1.165) is 49.3 Å². The minimum Gasteiger partial charge on any atom is -0.342 e. The maximum atomic E-state index is 12.5. The number of hydrogen-bond donors (Lipinski definition) is 0. The van der Waals surface area contributed by atoms with Gasteiger partial charge in [0.1, 0.15) is 5.82 Å². The van der Waals surface area contributed by atoms with Crippen LogP contribution in [0.25, 0.3) is 11.0 Å². The average molecular weight is 376 g/mol. The van der Waals surface area contributed by atoms with Gasteiger partial charge in [-0.15, -0.1) is 0 Å². The van der Waals surface area contributed by atoms with Crippen LogP contribution in [0.4, 0.5) is 0 Å². The number of rotatable bonds is 6. The number of para-hydroxylation sites is 2. The Morgan fingerprint density at radius 1 is 1.14 bits per heavy atom. The molecule has 0 aliphatic carbocycles. The Labute approximate surface area is 167 Å². The predicted molar refractivity (Wildman–Crippen MR) is 114 cm³/mol. The minimum atomic E-state index is 0.169. The summed E-state index contributed by atoms with van der Waals surface area (Å²) in [6.45, 7) is 8.91. The normalized spacial score (nSPS) is 17.0. The number of carbonyl (C=O) groups excluding carboxylic acids is 1. The maximum absolute atomic E-state index is 12.5. The van der Waals surface area contributed by atoms with Gasteiger partial charge in [-0.1, -0.05) is 49.2 Å². The lowest BCUT2D eigenvalue weighted by Gasteiger charge is -2.17. The Morgan fingerprint density at radius 2 is 1.96 bits per heavy atom. The van der Waals surface area contributed by atoms with E-state index >= 15 is 0 Å². The minimum absolute atomic E-state index is 0.169. The molecule has 1 aliphatic heterocycles. The predicted octanol–water partition coefficient (Wildman–Crippen LogP) is 4.82. The van der Waals surface area contributed by atoms with Gasteiger partial charge in [0.15, 0.2) is 0 Å². The number of imidazole rings is 1. The molecule has 0 spiro atoms. The Kier molecular flexibility index (Phi) is 5.21. The smallest absolute Gasteiger partial charge is 0.223 e. The Hall–Kier alpha value is -2.62. The first-order valence-electron chi connectivity index (χ1n) is 10.4. The van der Waals surface area contributed by atoms with Crippen molar-refractivity contribution < 1.29 is 4.79 Å². The highest BCUT2D eigenvalue weighted by Crippen LogP contribution is 2.31. The molecule has 146 valence electrons. The number of fused-ring (bicyclic) bond motifs is 1. The van der Waals surface area contributed by atoms with Gasteiger partial charge in [0.2, 0.25) is 5.91 Å². The molecule has 4 rings (SSSR count). The molecule has 1 fully saturated rings. The molecule has 0 bridgehead atoms. The standard InChI is InChI=1S/C24H29N3O/c1-4-5-12-26-15-20(14-23(26)28)24-25-21-8-6-7-9-22(21)27(24)16-19-11-10-17(2)13-18(19)3/h6-11,13,20H,4-5,12,14-16H2,1-3H3/t20-/m0/s1. The van der Waals surface area contributed by atoms with Crippen LogP contribution in [0.15, 0.2) is 42.5 Å². The number of unbranched alkanes of at least 4 members (excludes halogenated alkanes) is 1. The number of nitrogens with zero attached hydrogens (tertiary/aromatic N) is 3. The third-order valence-corrected chi connectivity index (χ3v) is 5.87. The molecule has 1 saturated heterocycles. The highest BCUT2D eigenvalue weighted by atomic mass is 16.2. The van der Waals surface area contributed by atoms with E-state index in [4.69, 9.17) is 4.98 Å². The van der Waals surface area contributed by atoms with Gasteiger partial charge in [-0.2, -0.15) is 0 Å². The van der Waals surface area contributed by atoms with Crippen molar-refractivity contribution in [2.75, 3.05) is 13.1 Å². The van der Waals surface area contributed by atoms with Gasteiger partial charge in [-0.05, 0) is 43.5 Å². The molecule has 1 atom stereocenters. The molecule has 0 saturated carbocycles. The van der Waals surface area contributed by atoms with Crippen molar-refractivity contribution in [3.8, 4) is 0 Å². The first-order valence-corrected chi connectivity index (χ1v) is 10.4. The zero-order valence-corrected chi connectivity index (χ0v) is 17.1. The Bertz CT molecular complexity index is 1000. The number of aryl methyl sites for hydroxylation is 2. The van der Waals surface area contributed by atoms with E-state index in [2.05, 4.69) is 61.7 Å². The molecule has 4 heteroatoms. The highest BCUT2D eigenvalue weighted by Gasteiger charge is 2.33. The quantitative estimate of drug-likeness (QED) is 0.620. The molecular formula is C24H29N3O. The first-order chi connectivity index (χ1) is 13.6. The highest BCUT2D eigenvalue weighted by molar-refractivity contribution is 5.81. The molecule has 1 amide bonds. The molecule has 0 radical (unpaired) electrons. The summed E-state index contributed by atoms with van der Waals surface area (Å²) >= 11 is 0. The number of hydrogen-bond acceptors (Lipinski definition) is 2. The van der Waals surface area contributed by atoms with Crippen LogP contribution < -0.4 is 0 Å². The van der Waals surface area contributed by atoms with E-state index in [-0.39, 0.29) is 11.8 Å². The fourth-order valence-corrected chi connectivity index (χ4v) is 4.28. The second-order valence-electron chi connectivity index (χ2n) is 8.07. The number of carbonyl (C=O) groups is 1. The summed E-state index contributed by atoms with van der Waals surface area (Å²) in [6.07, 6.45) is 2.75. The van der Waals surface area contributed by atoms with E-state index < -0.39 is 0 Å². The van der Waals surface area contributed by atoms with Crippen molar-refractivity contribution in [3.63, 3.8) is 0 Å². The van der Waals surface area contributed by atoms with Crippen molar-refractivity contribution in [2.45, 2.75) is 52.5 Å². The van der Waals surface area contributed by atoms with Gasteiger partial charge in [-0.3, -0.25) is 4.79 Å². The molecule has 1 aliphatic rings. The Morgan fingerprint density at radius 3 is 2.75 bits per heavy atom. The van der Waals surface area contributed by atoms with Crippen molar-refractivity contribution >= 4 is 16.9 Å². The number of benzene rings is 2. The zero-order chi connectivity index (χ0) is 19.7. The van der Waals surface area contributed by atoms with Gasteiger partial charge in [0, 0.05) is 32.0 Å². The number of amides is 1. The third kappa shape index (κ3) is 3.56. The zero-order valence-electron chi connectivity index (χ0n) is 17.1. The lowest BCUT2D eigenvalue weighted by Crippen LogP contribution is -2.26. The summed E-state index contributed by atoms with van der Waals surface area (Å²) in [7, 11) is 0. The molecule has 2 aromatic carbocycles. The van der Waals surface area contributed by atoms with Gasteiger partial charge in [0.05, 0.1) is 11.0 Å². The van der Waals surface area contributed by atoms with Crippen molar-refractivity contribution in [2.24, 2.45) is 0 Å². The van der Waals surface area contributed by atoms with Crippen LogP contribution in [-0.4, -0.2) is 33.4 Å². The monoisotopic (exact) mass is 375 g/mol. The topological polar surface area (TPSA) is 38.1 Å². The fraction of sp³-hybridized carbons (Fsp3) is 0.417. The molecule has 2 heterocycles. The Balaban J connectivity index is 1.71. The largest absolute Gasteiger partial charge is 0.342 e. The fourth-order valence-electron chi connectivity index (χ4n) is 4.28. The van der Waals surface area contributed by atoms with Gasteiger partial charge >= 0.3 is 0 Å². The van der Waals surface area contributed by atoms with Crippen LogP contribution in [0, 0.1) is 13.8 Å². The van der Waals surface area contributed by atoms with Crippen LogP contribution in [0.1, 0.15) is 54.6 Å². The van der Waals surface area contributed by atoms with E-state index in [0.29, 0.717) is 6.42 Å². The summed E-state index contributed by atoms with van der Waals surface area (Å²) in [5, 5.41) is 0. The van der Waals surface area contributed by atoms with Crippen molar-refractivity contribution in [3.05, 3.63) is 65.0 Å². The molecule has 28 heavy (non-hydrogen) atoms. The van der Waals surface area contributed by atoms with E-state index in [1.807, 2.05) is 11.0 Å². The van der Waals surface area contributed by atoms with Gasteiger partial charge in [0.25, 0.3) is 0 Å². The second-order valence-corrected chi connectivity index (χ2v) is 8.07. The third-order valence-electron chi connectivity index (χ3n) is 5.87. The van der Waals surface area contributed by atoms with Crippen LogP contribution in [-0.2, 0) is 11.3 Å². The molecule has 0 unspecified atom stereocenters. The SMILES string of the molecule is CCCCN1C[C@@H](c2nc3ccccc3n2Cc2ccc(C)cc2C)CC1=O. The van der Waals surface area contributed by atoms with E-state index in [1.165, 1.54) is 16.7 Å². The summed E-state index contributed by atoms with van der Waals surface area (Å²) < 4.78 is 2.33. The molecular weight excluding hydrogens is 346 g/mol.